The molecule has 23 heavy (non-hydrogen) atoms. The van der Waals surface area contributed by atoms with E-state index in [1.807, 2.05) is 26.8 Å². The van der Waals surface area contributed by atoms with Crippen LogP contribution in [-0.4, -0.2) is 19.6 Å². The number of benzene rings is 1. The van der Waals surface area contributed by atoms with E-state index in [9.17, 15) is 18.5 Å². The molecule has 0 saturated carbocycles. The van der Waals surface area contributed by atoms with Crippen molar-refractivity contribution in [1.82, 2.24) is 0 Å². The third kappa shape index (κ3) is 4.08. The smallest absolute Gasteiger partial charge is 0.324 e. The van der Waals surface area contributed by atoms with Crippen molar-refractivity contribution in [2.24, 2.45) is 0 Å². The summed E-state index contributed by atoms with van der Waals surface area (Å²) in [6, 6.07) is 6.62. The zero-order valence-electron chi connectivity index (χ0n) is 13.2. The lowest BCUT2D eigenvalue weighted by Crippen LogP contribution is -1.93. The van der Waals surface area contributed by atoms with Gasteiger partial charge in [-0.1, -0.05) is 31.3 Å². The molecule has 1 heterocycles. The van der Waals surface area contributed by atoms with E-state index >= 15 is 0 Å². The minimum Gasteiger partial charge on any atom is -0.440 e. The van der Waals surface area contributed by atoms with Gasteiger partial charge in [-0.25, -0.2) is 8.42 Å². The number of nitrogens with zero attached hydrogens (tertiary/aromatic N) is 1. The highest BCUT2D eigenvalue weighted by Crippen LogP contribution is 2.42. The average Bonchev–Trinajstić information content (AvgIpc) is 2.81. The SMILES string of the molecule is Cc1cc(Oc2sc(S(C)(=O)=O)cc2[N+](=O)[O-])cc(C(C)C)c1. The van der Waals surface area contributed by atoms with Crippen molar-refractivity contribution < 1.29 is 18.1 Å². The Hall–Kier alpha value is -1.93. The van der Waals surface area contributed by atoms with Crippen LogP contribution in [0.15, 0.2) is 28.5 Å². The standard InChI is InChI=1S/C15H17NO5S2/c1-9(2)11-5-10(3)6-12(7-11)21-15-13(16(17)18)8-14(22-15)23(4,19)20/h5-9H,1-4H3. The van der Waals surface area contributed by atoms with E-state index < -0.39 is 14.8 Å². The van der Waals surface area contributed by atoms with Gasteiger partial charge < -0.3 is 4.74 Å². The molecule has 0 unspecified atom stereocenters. The molecule has 1 aromatic carbocycles. The quantitative estimate of drug-likeness (QED) is 0.590. The molecule has 6 nitrogen and oxygen atoms in total. The molecule has 0 spiro atoms. The second-order valence-corrected chi connectivity index (χ2v) is 8.86. The Balaban J connectivity index is 2.48. The largest absolute Gasteiger partial charge is 0.440 e. The molecule has 1 aromatic heterocycles. The fourth-order valence-electron chi connectivity index (χ4n) is 2.00. The molecule has 0 radical (unpaired) electrons. The van der Waals surface area contributed by atoms with Crippen LogP contribution < -0.4 is 4.74 Å². The Morgan fingerprint density at radius 3 is 2.39 bits per heavy atom. The van der Waals surface area contributed by atoms with Crippen molar-refractivity contribution in [3.63, 3.8) is 0 Å². The van der Waals surface area contributed by atoms with Crippen molar-refractivity contribution in [2.45, 2.75) is 30.9 Å². The lowest BCUT2D eigenvalue weighted by Gasteiger charge is -2.10. The lowest BCUT2D eigenvalue weighted by atomic mass is 10.0. The number of ether oxygens (including phenoxy) is 1. The summed E-state index contributed by atoms with van der Waals surface area (Å²) in [4.78, 5) is 10.5. The molecular weight excluding hydrogens is 338 g/mol. The minimum absolute atomic E-state index is 0.0317. The second kappa shape index (κ2) is 6.29. The number of aryl methyl sites for hydroxylation is 1. The van der Waals surface area contributed by atoms with Crippen LogP contribution in [0.5, 0.6) is 10.8 Å². The first-order valence-electron chi connectivity index (χ1n) is 6.85. The first-order valence-corrected chi connectivity index (χ1v) is 9.56. The highest BCUT2D eigenvalue weighted by atomic mass is 32.2. The number of hydrogen-bond acceptors (Lipinski definition) is 6. The van der Waals surface area contributed by atoms with Crippen LogP contribution in [0.2, 0.25) is 0 Å². The molecule has 0 N–H and O–H groups in total. The molecule has 0 aliphatic rings. The number of sulfone groups is 1. The number of rotatable bonds is 5. The predicted molar refractivity (Wildman–Crippen MR) is 89.4 cm³/mol. The van der Waals surface area contributed by atoms with E-state index in [2.05, 4.69) is 0 Å². The Kier molecular flexibility index (Phi) is 4.76. The highest BCUT2D eigenvalue weighted by molar-refractivity contribution is 7.92. The summed E-state index contributed by atoms with van der Waals surface area (Å²) in [5.74, 6) is 0.737. The van der Waals surface area contributed by atoms with Crippen molar-refractivity contribution in [2.75, 3.05) is 6.26 Å². The van der Waals surface area contributed by atoms with Crippen molar-refractivity contribution in [3.05, 3.63) is 45.5 Å². The Labute approximate surface area is 138 Å². The molecule has 0 fully saturated rings. The van der Waals surface area contributed by atoms with Gasteiger partial charge in [0, 0.05) is 12.3 Å². The molecule has 0 aliphatic carbocycles. The first-order chi connectivity index (χ1) is 10.6. The van der Waals surface area contributed by atoms with Crippen LogP contribution in [0.25, 0.3) is 0 Å². The third-order valence-corrected chi connectivity index (χ3v) is 5.97. The topological polar surface area (TPSA) is 86.5 Å². The summed E-state index contributed by atoms with van der Waals surface area (Å²) in [6.07, 6.45) is 1.01. The summed E-state index contributed by atoms with van der Waals surface area (Å²) < 4.78 is 28.8. The maximum Gasteiger partial charge on any atom is 0.324 e. The van der Waals surface area contributed by atoms with E-state index in [4.69, 9.17) is 4.74 Å². The van der Waals surface area contributed by atoms with Gasteiger partial charge in [-0.3, -0.25) is 10.1 Å². The zero-order chi connectivity index (χ0) is 17.4. The fraction of sp³-hybridized carbons (Fsp3) is 0.333. The molecule has 0 amide bonds. The van der Waals surface area contributed by atoms with Crippen LogP contribution in [0.1, 0.15) is 30.9 Å². The average molecular weight is 355 g/mol. The number of nitro groups is 1. The van der Waals surface area contributed by atoms with E-state index in [0.29, 0.717) is 5.75 Å². The monoisotopic (exact) mass is 355 g/mol. The Morgan fingerprint density at radius 2 is 1.87 bits per heavy atom. The first kappa shape index (κ1) is 17.4. The van der Waals surface area contributed by atoms with Crippen molar-refractivity contribution in [1.29, 1.82) is 0 Å². The molecule has 124 valence electrons. The fourth-order valence-corrected chi connectivity index (χ4v) is 3.89. The summed E-state index contributed by atoms with van der Waals surface area (Å²) in [7, 11) is -3.53. The van der Waals surface area contributed by atoms with E-state index in [1.165, 1.54) is 0 Å². The zero-order valence-corrected chi connectivity index (χ0v) is 14.8. The van der Waals surface area contributed by atoms with Gasteiger partial charge in [0.25, 0.3) is 5.06 Å². The summed E-state index contributed by atoms with van der Waals surface area (Å²) >= 11 is 0.758. The minimum atomic E-state index is -3.53. The highest BCUT2D eigenvalue weighted by Gasteiger charge is 2.25. The predicted octanol–water partition coefficient (Wildman–Crippen LogP) is 4.28. The van der Waals surface area contributed by atoms with Gasteiger partial charge in [0.05, 0.1) is 4.92 Å². The Morgan fingerprint density at radius 1 is 1.22 bits per heavy atom. The molecule has 0 aliphatic heterocycles. The van der Waals surface area contributed by atoms with Crippen LogP contribution in [-0.2, 0) is 9.84 Å². The Bertz CT molecular complexity index is 853. The number of hydrogen-bond donors (Lipinski definition) is 0. The molecule has 0 saturated heterocycles. The third-order valence-electron chi connectivity index (χ3n) is 3.17. The molecule has 8 heteroatoms. The van der Waals surface area contributed by atoms with Crippen molar-refractivity contribution >= 4 is 26.9 Å². The lowest BCUT2D eigenvalue weighted by molar-refractivity contribution is -0.385. The van der Waals surface area contributed by atoms with Gasteiger partial charge in [0.1, 0.15) is 9.96 Å². The molecule has 2 aromatic rings. The maximum atomic E-state index is 11.6. The summed E-state index contributed by atoms with van der Waals surface area (Å²) in [5.41, 5.74) is 1.67. The molecular formula is C15H17NO5S2. The normalized spacial score (nSPS) is 11.7. The number of thiophene rings is 1. The molecule has 0 bridgehead atoms. The van der Waals surface area contributed by atoms with E-state index in [0.717, 1.165) is 34.8 Å². The second-order valence-electron chi connectivity index (χ2n) is 5.60. The maximum absolute atomic E-state index is 11.6. The van der Waals surface area contributed by atoms with Gasteiger partial charge in [0.15, 0.2) is 9.84 Å². The van der Waals surface area contributed by atoms with Gasteiger partial charge in [-0.15, -0.1) is 0 Å². The van der Waals surface area contributed by atoms with Crippen LogP contribution in [0, 0.1) is 17.0 Å². The van der Waals surface area contributed by atoms with Gasteiger partial charge in [-0.2, -0.15) is 0 Å². The van der Waals surface area contributed by atoms with Crippen LogP contribution in [0.3, 0.4) is 0 Å². The summed E-state index contributed by atoms with van der Waals surface area (Å²) in [5, 5.41) is 11.1. The van der Waals surface area contributed by atoms with E-state index in [-0.39, 0.29) is 20.9 Å². The van der Waals surface area contributed by atoms with Crippen LogP contribution in [0.4, 0.5) is 5.69 Å². The van der Waals surface area contributed by atoms with Crippen LogP contribution >= 0.6 is 11.3 Å². The molecule has 2 rings (SSSR count). The molecule has 0 atom stereocenters. The summed E-state index contributed by atoms with van der Waals surface area (Å²) in [6.45, 7) is 5.98. The van der Waals surface area contributed by atoms with Gasteiger partial charge in [0.2, 0.25) is 0 Å². The van der Waals surface area contributed by atoms with Gasteiger partial charge >= 0.3 is 5.69 Å². The van der Waals surface area contributed by atoms with Crippen molar-refractivity contribution in [3.8, 4) is 10.8 Å². The van der Waals surface area contributed by atoms with E-state index in [1.54, 1.807) is 12.1 Å². The van der Waals surface area contributed by atoms with Gasteiger partial charge in [-0.05, 0) is 36.1 Å².